The summed E-state index contributed by atoms with van der Waals surface area (Å²) in [6, 6.07) is 10.1. The second-order valence-corrected chi connectivity index (χ2v) is 8.06. The third-order valence-electron chi connectivity index (χ3n) is 5.84. The van der Waals surface area contributed by atoms with Crippen LogP contribution in [0.25, 0.3) is 11.0 Å². The van der Waals surface area contributed by atoms with Crippen molar-refractivity contribution in [3.63, 3.8) is 0 Å². The van der Waals surface area contributed by atoms with E-state index >= 15 is 0 Å². The number of likely N-dealkylation sites (tertiary alicyclic amines) is 1. The van der Waals surface area contributed by atoms with Gasteiger partial charge in [-0.2, -0.15) is 0 Å². The summed E-state index contributed by atoms with van der Waals surface area (Å²) in [4.78, 5) is 18.0. The van der Waals surface area contributed by atoms with Crippen LogP contribution in [0.15, 0.2) is 47.1 Å². The Kier molecular flexibility index (Phi) is 6.84. The summed E-state index contributed by atoms with van der Waals surface area (Å²) in [5.41, 5.74) is 2.42. The van der Waals surface area contributed by atoms with Gasteiger partial charge >= 0.3 is 5.97 Å². The van der Waals surface area contributed by atoms with Crippen LogP contribution in [0.1, 0.15) is 40.9 Å². The van der Waals surface area contributed by atoms with E-state index in [1.165, 1.54) is 5.56 Å². The zero-order valence-corrected chi connectivity index (χ0v) is 17.8. The number of aryl methyl sites for hydroxylation is 1. The molecule has 0 spiro atoms. The summed E-state index contributed by atoms with van der Waals surface area (Å²) in [7, 11) is 0. The van der Waals surface area contributed by atoms with Crippen LogP contribution in [0, 0.1) is 6.92 Å². The molecule has 2 N–H and O–H groups in total. The second-order valence-electron chi connectivity index (χ2n) is 8.06. The van der Waals surface area contributed by atoms with E-state index in [1.54, 1.807) is 13.0 Å². The number of nitrogens with one attached hydrogen (secondary N) is 1. The van der Waals surface area contributed by atoms with Crippen LogP contribution in [0.4, 0.5) is 0 Å². The first-order valence-electron chi connectivity index (χ1n) is 10.8. The van der Waals surface area contributed by atoms with E-state index in [1.807, 2.05) is 30.6 Å². The van der Waals surface area contributed by atoms with Gasteiger partial charge in [0.1, 0.15) is 11.3 Å². The minimum atomic E-state index is -1.06. The third-order valence-corrected chi connectivity index (χ3v) is 5.84. The van der Waals surface area contributed by atoms with Gasteiger partial charge in [-0.25, -0.2) is 4.79 Å². The van der Waals surface area contributed by atoms with Crippen LogP contribution in [0.3, 0.4) is 0 Å². The molecule has 0 bridgehead atoms. The maximum atomic E-state index is 11.3. The van der Waals surface area contributed by atoms with Crippen LogP contribution >= 0.6 is 0 Å². The number of hydrogen-bond acceptors (Lipinski definition) is 6. The van der Waals surface area contributed by atoms with Crippen molar-refractivity contribution in [1.29, 1.82) is 0 Å². The summed E-state index contributed by atoms with van der Waals surface area (Å²) in [5, 5.41) is 13.7. The molecule has 1 aliphatic rings. The van der Waals surface area contributed by atoms with Gasteiger partial charge in [0.05, 0.1) is 12.0 Å². The number of carboxylic acids is 1. The Morgan fingerprint density at radius 2 is 2.13 bits per heavy atom. The molecule has 0 atom stereocenters. The maximum absolute atomic E-state index is 11.3. The van der Waals surface area contributed by atoms with Gasteiger partial charge in [0.25, 0.3) is 0 Å². The molecule has 4 rings (SSSR count). The van der Waals surface area contributed by atoms with E-state index in [0.717, 1.165) is 50.8 Å². The molecule has 164 valence electrons. The van der Waals surface area contributed by atoms with Crippen LogP contribution in [-0.2, 0) is 6.54 Å². The lowest BCUT2D eigenvalue weighted by atomic mass is 10.0. The van der Waals surface area contributed by atoms with Gasteiger partial charge in [0.2, 0.25) is 5.76 Å². The molecule has 0 saturated carbocycles. The van der Waals surface area contributed by atoms with Crippen LogP contribution < -0.4 is 10.1 Å². The minimum absolute atomic E-state index is 0.0254. The number of furan rings is 1. The molecule has 7 heteroatoms. The first kappa shape index (κ1) is 21.3. The van der Waals surface area contributed by atoms with E-state index in [-0.39, 0.29) is 5.76 Å². The van der Waals surface area contributed by atoms with Gasteiger partial charge in [-0.3, -0.25) is 9.88 Å². The topological polar surface area (TPSA) is 87.8 Å². The van der Waals surface area contributed by atoms with Crippen molar-refractivity contribution in [2.24, 2.45) is 0 Å². The fraction of sp³-hybridized carbons (Fsp3) is 0.417. The van der Waals surface area contributed by atoms with Gasteiger partial charge in [-0.05, 0) is 69.6 Å². The zero-order chi connectivity index (χ0) is 21.6. The molecular formula is C24H29N3O4. The largest absolute Gasteiger partial charge is 0.493 e. The molecule has 3 heterocycles. The Balaban J connectivity index is 1.19. The fourth-order valence-corrected chi connectivity index (χ4v) is 4.20. The van der Waals surface area contributed by atoms with Crippen LogP contribution in [0.2, 0.25) is 0 Å². The van der Waals surface area contributed by atoms with Gasteiger partial charge in [-0.1, -0.05) is 12.1 Å². The summed E-state index contributed by atoms with van der Waals surface area (Å²) < 4.78 is 11.4. The van der Waals surface area contributed by atoms with Crippen molar-refractivity contribution in [2.45, 2.75) is 38.8 Å². The van der Waals surface area contributed by atoms with Crippen molar-refractivity contribution in [1.82, 2.24) is 15.2 Å². The Morgan fingerprint density at radius 3 is 2.87 bits per heavy atom. The lowest BCUT2D eigenvalue weighted by molar-refractivity contribution is 0.0664. The number of ether oxygens (including phenoxy) is 1. The first-order valence-corrected chi connectivity index (χ1v) is 10.8. The lowest BCUT2D eigenvalue weighted by Crippen LogP contribution is -2.42. The normalized spacial score (nSPS) is 15.4. The highest BCUT2D eigenvalue weighted by Gasteiger charge is 2.20. The second kappa shape index (κ2) is 9.94. The molecule has 2 aromatic heterocycles. The van der Waals surface area contributed by atoms with E-state index < -0.39 is 5.97 Å². The quantitative estimate of drug-likeness (QED) is 0.505. The number of fused-ring (bicyclic) bond motifs is 1. The third kappa shape index (κ3) is 5.24. The Morgan fingerprint density at radius 1 is 1.29 bits per heavy atom. The predicted molar refractivity (Wildman–Crippen MR) is 119 cm³/mol. The summed E-state index contributed by atoms with van der Waals surface area (Å²) >= 11 is 0. The smallest absolute Gasteiger partial charge is 0.372 e. The lowest BCUT2D eigenvalue weighted by Gasteiger charge is -2.32. The number of carboxylic acid groups (broad SMARTS) is 1. The Hall–Kier alpha value is -2.90. The highest BCUT2D eigenvalue weighted by atomic mass is 16.5. The number of carbonyl (C=O) groups is 1. The number of aromatic carboxylic acids is 1. The average Bonchev–Trinajstić information content (AvgIpc) is 3.13. The van der Waals surface area contributed by atoms with Crippen molar-refractivity contribution in [3.05, 3.63) is 59.6 Å². The minimum Gasteiger partial charge on any atom is -0.493 e. The number of hydrogen-bond donors (Lipinski definition) is 2. The van der Waals surface area contributed by atoms with E-state index in [4.69, 9.17) is 9.15 Å². The monoisotopic (exact) mass is 423 g/mol. The molecule has 1 aliphatic heterocycles. The molecule has 1 saturated heterocycles. The summed E-state index contributed by atoms with van der Waals surface area (Å²) in [6.45, 7) is 6.38. The van der Waals surface area contributed by atoms with Gasteiger partial charge in [0.15, 0.2) is 0 Å². The molecule has 7 nitrogen and oxygen atoms in total. The molecule has 0 radical (unpaired) electrons. The maximum Gasteiger partial charge on any atom is 0.372 e. The van der Waals surface area contributed by atoms with Crippen molar-refractivity contribution < 1.29 is 19.1 Å². The van der Waals surface area contributed by atoms with Gasteiger partial charge in [-0.15, -0.1) is 0 Å². The standard InChI is InChI=1S/C24H29N3O4/c1-17-22-20(6-2-7-21(22)31-23(17)24(28)29)30-14-4-11-26-19-8-12-27(13-9-19)16-18-5-3-10-25-15-18/h2-3,5-7,10,15,19,26H,4,8-9,11-14,16H2,1H3,(H,28,29). The Bertz CT molecular complexity index is 1010. The SMILES string of the molecule is Cc1c(C(=O)O)oc2cccc(OCCCNC3CCN(Cc4cccnc4)CC3)c12. The van der Waals surface area contributed by atoms with E-state index in [9.17, 15) is 9.90 Å². The zero-order valence-electron chi connectivity index (χ0n) is 17.8. The summed E-state index contributed by atoms with van der Waals surface area (Å²) in [6.07, 6.45) is 6.93. The van der Waals surface area contributed by atoms with E-state index in [0.29, 0.717) is 29.5 Å². The van der Waals surface area contributed by atoms with Gasteiger partial charge in [0, 0.05) is 30.5 Å². The average molecular weight is 424 g/mol. The number of nitrogens with zero attached hydrogens (tertiary/aromatic N) is 2. The molecule has 1 aromatic carbocycles. The van der Waals surface area contributed by atoms with Crippen molar-refractivity contribution >= 4 is 16.9 Å². The summed E-state index contributed by atoms with van der Waals surface area (Å²) in [5.74, 6) is -0.409. The number of piperidine rings is 1. The predicted octanol–water partition coefficient (Wildman–Crippen LogP) is 3.86. The number of pyridine rings is 1. The number of aromatic nitrogens is 1. The number of rotatable bonds is 9. The number of benzene rings is 1. The van der Waals surface area contributed by atoms with Crippen LogP contribution in [0.5, 0.6) is 5.75 Å². The van der Waals surface area contributed by atoms with Gasteiger partial charge < -0.3 is 19.6 Å². The molecule has 0 unspecified atom stereocenters. The van der Waals surface area contributed by atoms with E-state index in [2.05, 4.69) is 21.3 Å². The fourth-order valence-electron chi connectivity index (χ4n) is 4.20. The van der Waals surface area contributed by atoms with Crippen LogP contribution in [-0.4, -0.2) is 53.2 Å². The first-order chi connectivity index (χ1) is 15.1. The van der Waals surface area contributed by atoms with Crippen molar-refractivity contribution in [2.75, 3.05) is 26.2 Å². The Labute approximate surface area is 182 Å². The molecule has 3 aromatic rings. The highest BCUT2D eigenvalue weighted by molar-refractivity contribution is 5.97. The molecule has 31 heavy (non-hydrogen) atoms. The molecule has 1 fully saturated rings. The molecular weight excluding hydrogens is 394 g/mol. The molecule has 0 amide bonds. The van der Waals surface area contributed by atoms with Crippen molar-refractivity contribution in [3.8, 4) is 5.75 Å². The molecule has 0 aliphatic carbocycles. The highest BCUT2D eigenvalue weighted by Crippen LogP contribution is 2.33.